The second kappa shape index (κ2) is 5.90. The molecule has 3 rings (SSSR count). The summed E-state index contributed by atoms with van der Waals surface area (Å²) < 4.78 is 13.5. The topological polar surface area (TPSA) is 62.7 Å². The third-order valence-corrected chi connectivity index (χ3v) is 3.61. The van der Waals surface area contributed by atoms with Crippen molar-refractivity contribution in [3.8, 4) is 28.5 Å². The molecule has 3 aromatic rings. The van der Waals surface area contributed by atoms with Gasteiger partial charge in [0.05, 0.1) is 5.69 Å². The molecular weight excluding hydrogens is 289 g/mol. The zero-order chi connectivity index (χ0) is 16.4. The maximum atomic E-state index is 13.5. The predicted octanol–water partition coefficient (Wildman–Crippen LogP) is 4.32. The van der Waals surface area contributed by atoms with Gasteiger partial charge in [-0.2, -0.15) is 5.26 Å². The highest BCUT2D eigenvalue weighted by atomic mass is 19.1. The van der Waals surface area contributed by atoms with Crippen molar-refractivity contribution < 1.29 is 4.39 Å². The first-order valence-corrected chi connectivity index (χ1v) is 7.12. The minimum Gasteiger partial charge on any atom is -0.383 e. The normalized spacial score (nSPS) is 10.3. The molecule has 2 aromatic carbocycles. The SMILES string of the molecule is Cc1cccc(-c2cc(-c3cccc(F)c3)c(C#N)c(N)n2)c1. The van der Waals surface area contributed by atoms with Gasteiger partial charge in [0.15, 0.2) is 0 Å². The maximum Gasteiger partial charge on any atom is 0.142 e. The Morgan fingerprint density at radius 1 is 1.04 bits per heavy atom. The average molecular weight is 303 g/mol. The van der Waals surface area contributed by atoms with Gasteiger partial charge in [-0.05, 0) is 36.8 Å². The minimum atomic E-state index is -0.362. The fourth-order valence-electron chi connectivity index (χ4n) is 2.52. The van der Waals surface area contributed by atoms with Crippen molar-refractivity contribution in [1.29, 1.82) is 5.26 Å². The van der Waals surface area contributed by atoms with Gasteiger partial charge in [0.1, 0.15) is 23.3 Å². The average Bonchev–Trinajstić information content (AvgIpc) is 2.54. The van der Waals surface area contributed by atoms with Crippen molar-refractivity contribution >= 4 is 5.82 Å². The Kier molecular flexibility index (Phi) is 3.78. The number of nitrogens with two attached hydrogens (primary N) is 1. The number of aryl methyl sites for hydroxylation is 1. The zero-order valence-electron chi connectivity index (χ0n) is 12.5. The van der Waals surface area contributed by atoms with E-state index < -0.39 is 0 Å². The number of nitrogens with zero attached hydrogens (tertiary/aromatic N) is 2. The molecule has 0 amide bonds. The molecule has 0 spiro atoms. The molecule has 0 atom stereocenters. The summed E-state index contributed by atoms with van der Waals surface area (Å²) in [7, 11) is 0. The van der Waals surface area contributed by atoms with Gasteiger partial charge in [0.2, 0.25) is 0 Å². The first-order valence-electron chi connectivity index (χ1n) is 7.12. The molecular formula is C19H14FN3. The lowest BCUT2D eigenvalue weighted by Crippen LogP contribution is -2.00. The Hall–Kier alpha value is -3.19. The van der Waals surface area contributed by atoms with E-state index in [9.17, 15) is 9.65 Å². The van der Waals surface area contributed by atoms with Gasteiger partial charge < -0.3 is 5.73 Å². The second-order valence-corrected chi connectivity index (χ2v) is 5.31. The summed E-state index contributed by atoms with van der Waals surface area (Å²) in [6.45, 7) is 1.99. The highest BCUT2D eigenvalue weighted by molar-refractivity contribution is 5.80. The summed E-state index contributed by atoms with van der Waals surface area (Å²) in [5.74, 6) is -0.218. The number of rotatable bonds is 2. The van der Waals surface area contributed by atoms with Crippen LogP contribution < -0.4 is 5.73 Å². The number of pyridine rings is 1. The number of benzene rings is 2. The van der Waals surface area contributed by atoms with Crippen LogP contribution in [0, 0.1) is 24.1 Å². The quantitative estimate of drug-likeness (QED) is 0.767. The Morgan fingerprint density at radius 2 is 1.78 bits per heavy atom. The van der Waals surface area contributed by atoms with Crippen molar-refractivity contribution in [3.05, 3.63) is 71.5 Å². The third kappa shape index (κ3) is 2.90. The first kappa shape index (κ1) is 14.7. The van der Waals surface area contributed by atoms with Crippen LogP contribution in [0.4, 0.5) is 10.2 Å². The van der Waals surface area contributed by atoms with Crippen LogP contribution in [0.25, 0.3) is 22.4 Å². The van der Waals surface area contributed by atoms with Crippen molar-refractivity contribution in [2.75, 3.05) is 5.73 Å². The molecule has 4 heteroatoms. The molecule has 0 unspecified atom stereocenters. The van der Waals surface area contributed by atoms with E-state index in [0.717, 1.165) is 11.1 Å². The van der Waals surface area contributed by atoms with E-state index in [1.54, 1.807) is 18.2 Å². The monoisotopic (exact) mass is 303 g/mol. The lowest BCUT2D eigenvalue weighted by Gasteiger charge is -2.10. The number of nitrogen functional groups attached to an aromatic ring is 1. The summed E-state index contributed by atoms with van der Waals surface area (Å²) in [6.07, 6.45) is 0. The van der Waals surface area contributed by atoms with E-state index in [1.165, 1.54) is 12.1 Å². The van der Waals surface area contributed by atoms with Crippen LogP contribution in [-0.2, 0) is 0 Å². The fourth-order valence-corrected chi connectivity index (χ4v) is 2.52. The number of halogens is 1. The molecule has 0 fully saturated rings. The summed E-state index contributed by atoms with van der Waals surface area (Å²) in [5.41, 5.74) is 10.0. The van der Waals surface area contributed by atoms with Gasteiger partial charge in [0, 0.05) is 11.1 Å². The molecule has 0 bridgehead atoms. The summed E-state index contributed by atoms with van der Waals surface area (Å²) >= 11 is 0. The maximum absolute atomic E-state index is 13.5. The largest absolute Gasteiger partial charge is 0.383 e. The van der Waals surface area contributed by atoms with Gasteiger partial charge in [-0.1, -0.05) is 35.9 Å². The minimum absolute atomic E-state index is 0.144. The molecule has 0 aliphatic rings. The summed E-state index contributed by atoms with van der Waals surface area (Å²) in [6, 6.07) is 17.8. The Bertz CT molecular complexity index is 926. The van der Waals surface area contributed by atoms with Crippen LogP contribution in [-0.4, -0.2) is 4.98 Å². The molecule has 0 radical (unpaired) electrons. The van der Waals surface area contributed by atoms with E-state index in [0.29, 0.717) is 16.8 Å². The predicted molar refractivity (Wildman–Crippen MR) is 88.9 cm³/mol. The zero-order valence-corrected chi connectivity index (χ0v) is 12.5. The number of anilines is 1. The lowest BCUT2D eigenvalue weighted by molar-refractivity contribution is 0.628. The van der Waals surface area contributed by atoms with Crippen LogP contribution in [0.5, 0.6) is 0 Å². The van der Waals surface area contributed by atoms with Gasteiger partial charge in [0.25, 0.3) is 0 Å². The molecule has 0 saturated heterocycles. The van der Waals surface area contributed by atoms with Crippen LogP contribution in [0.1, 0.15) is 11.1 Å². The first-order chi connectivity index (χ1) is 11.1. The number of hydrogen-bond donors (Lipinski definition) is 1. The summed E-state index contributed by atoms with van der Waals surface area (Å²) in [4.78, 5) is 4.33. The van der Waals surface area contributed by atoms with Crippen LogP contribution in [0.2, 0.25) is 0 Å². The van der Waals surface area contributed by atoms with E-state index in [4.69, 9.17) is 5.73 Å². The van der Waals surface area contributed by atoms with Gasteiger partial charge in [-0.3, -0.25) is 0 Å². The molecule has 0 aliphatic heterocycles. The molecule has 2 N–H and O–H groups in total. The fraction of sp³-hybridized carbons (Fsp3) is 0.0526. The van der Waals surface area contributed by atoms with Crippen molar-refractivity contribution in [2.45, 2.75) is 6.92 Å². The molecule has 112 valence electrons. The van der Waals surface area contributed by atoms with E-state index in [2.05, 4.69) is 11.1 Å². The van der Waals surface area contributed by atoms with Crippen molar-refractivity contribution in [2.24, 2.45) is 0 Å². The van der Waals surface area contributed by atoms with Gasteiger partial charge in [-0.25, -0.2) is 9.37 Å². The lowest BCUT2D eigenvalue weighted by atomic mass is 9.98. The van der Waals surface area contributed by atoms with Crippen LogP contribution in [0.15, 0.2) is 54.6 Å². The Balaban J connectivity index is 2.25. The van der Waals surface area contributed by atoms with Crippen molar-refractivity contribution in [3.63, 3.8) is 0 Å². The van der Waals surface area contributed by atoms with Gasteiger partial charge in [-0.15, -0.1) is 0 Å². The standard InChI is InChI=1S/C19H14FN3/c1-12-4-2-6-14(8-12)18-10-16(17(11-21)19(22)23-18)13-5-3-7-15(20)9-13/h2-10H,1H3,(H2,22,23). The molecule has 23 heavy (non-hydrogen) atoms. The van der Waals surface area contributed by atoms with Crippen LogP contribution in [0.3, 0.4) is 0 Å². The van der Waals surface area contributed by atoms with Gasteiger partial charge >= 0.3 is 0 Å². The molecule has 1 aromatic heterocycles. The number of aromatic nitrogens is 1. The Morgan fingerprint density at radius 3 is 2.48 bits per heavy atom. The van der Waals surface area contributed by atoms with E-state index in [1.807, 2.05) is 31.2 Å². The number of hydrogen-bond acceptors (Lipinski definition) is 3. The molecule has 1 heterocycles. The highest BCUT2D eigenvalue weighted by Gasteiger charge is 2.13. The molecule has 0 aliphatic carbocycles. The molecule has 0 saturated carbocycles. The van der Waals surface area contributed by atoms with Crippen molar-refractivity contribution in [1.82, 2.24) is 4.98 Å². The molecule has 3 nitrogen and oxygen atoms in total. The number of nitriles is 1. The van der Waals surface area contributed by atoms with E-state index >= 15 is 0 Å². The third-order valence-electron chi connectivity index (χ3n) is 3.61. The summed E-state index contributed by atoms with van der Waals surface area (Å²) in [5, 5.41) is 9.37. The second-order valence-electron chi connectivity index (χ2n) is 5.31. The van der Waals surface area contributed by atoms with Crippen LogP contribution >= 0.6 is 0 Å². The Labute approximate surface area is 133 Å². The smallest absolute Gasteiger partial charge is 0.142 e. The highest BCUT2D eigenvalue weighted by Crippen LogP contribution is 2.31. The van der Waals surface area contributed by atoms with E-state index in [-0.39, 0.29) is 17.2 Å².